The monoisotopic (exact) mass is 338 g/mol. The molecule has 23 heavy (non-hydrogen) atoms. The molecule has 8 heteroatoms. The molecule has 0 radical (unpaired) electrons. The molecule has 1 saturated heterocycles. The number of rotatable bonds is 1. The van der Waals surface area contributed by atoms with Gasteiger partial charge >= 0.3 is 6.09 Å². The van der Waals surface area contributed by atoms with Crippen LogP contribution in [-0.4, -0.2) is 51.5 Å². The fraction of sp³-hybridized carbons (Fsp3) is 0.533. The van der Waals surface area contributed by atoms with E-state index in [1.54, 1.807) is 11.1 Å². The molecule has 3 rings (SSSR count). The molecular weight excluding hydrogens is 320 g/mol. The maximum absolute atomic E-state index is 12.2. The van der Waals surface area contributed by atoms with Crippen LogP contribution >= 0.6 is 11.6 Å². The summed E-state index contributed by atoms with van der Waals surface area (Å²) in [6.45, 7) is 6.87. The van der Waals surface area contributed by atoms with Gasteiger partial charge in [0, 0.05) is 18.1 Å². The summed E-state index contributed by atoms with van der Waals surface area (Å²) < 4.78 is 11.2. The third kappa shape index (κ3) is 3.40. The van der Waals surface area contributed by atoms with Gasteiger partial charge < -0.3 is 14.4 Å². The second kappa shape index (κ2) is 5.98. The standard InChI is InChI=1S/C15H19ClN4O3/c1-15(2,3)23-14(21)20-6-7-22-10(8-20)11-9-4-5-17-13(16)12(9)19-18-11/h4-5,10H,6-8H2,1-3H3,(H,18,19)/t10-/m1/s1. The minimum Gasteiger partial charge on any atom is -0.444 e. The first-order valence-corrected chi connectivity index (χ1v) is 7.81. The summed E-state index contributed by atoms with van der Waals surface area (Å²) in [4.78, 5) is 17.9. The van der Waals surface area contributed by atoms with Crippen LogP contribution in [0.1, 0.15) is 32.6 Å². The van der Waals surface area contributed by atoms with Gasteiger partial charge in [0.15, 0.2) is 5.15 Å². The van der Waals surface area contributed by atoms with E-state index in [0.29, 0.717) is 30.4 Å². The number of pyridine rings is 1. The minimum absolute atomic E-state index is 0.306. The van der Waals surface area contributed by atoms with E-state index in [1.165, 1.54) is 0 Å². The largest absolute Gasteiger partial charge is 0.444 e. The van der Waals surface area contributed by atoms with Crippen LogP contribution in [0.5, 0.6) is 0 Å². The summed E-state index contributed by atoms with van der Waals surface area (Å²) in [6, 6.07) is 1.83. The van der Waals surface area contributed by atoms with Gasteiger partial charge in [0.1, 0.15) is 17.2 Å². The number of ether oxygens (including phenoxy) is 2. The van der Waals surface area contributed by atoms with Crippen molar-refractivity contribution in [3.63, 3.8) is 0 Å². The van der Waals surface area contributed by atoms with Crippen LogP contribution < -0.4 is 0 Å². The first-order valence-electron chi connectivity index (χ1n) is 7.43. The Morgan fingerprint density at radius 2 is 2.30 bits per heavy atom. The molecule has 7 nitrogen and oxygen atoms in total. The number of hydrogen-bond donors (Lipinski definition) is 1. The van der Waals surface area contributed by atoms with Crippen LogP contribution in [0.3, 0.4) is 0 Å². The quantitative estimate of drug-likeness (QED) is 0.809. The number of aromatic nitrogens is 3. The molecule has 0 bridgehead atoms. The molecule has 1 amide bonds. The lowest BCUT2D eigenvalue weighted by Gasteiger charge is -2.33. The van der Waals surface area contributed by atoms with Crippen LogP contribution in [0.2, 0.25) is 5.15 Å². The molecular formula is C15H19ClN4O3. The molecule has 1 atom stereocenters. The number of hydrogen-bond acceptors (Lipinski definition) is 5. The van der Waals surface area contributed by atoms with Crippen molar-refractivity contribution in [2.45, 2.75) is 32.5 Å². The number of amides is 1. The van der Waals surface area contributed by atoms with Crippen LogP contribution in [0.4, 0.5) is 4.79 Å². The Labute approximate surface area is 138 Å². The van der Waals surface area contributed by atoms with Gasteiger partial charge in [-0.15, -0.1) is 0 Å². The highest BCUT2D eigenvalue weighted by molar-refractivity contribution is 6.33. The Kier molecular flexibility index (Phi) is 4.16. The third-order valence-corrected chi connectivity index (χ3v) is 3.77. The predicted octanol–water partition coefficient (Wildman–Crippen LogP) is 2.92. The second-order valence-corrected chi connectivity index (χ2v) is 6.78. The summed E-state index contributed by atoms with van der Waals surface area (Å²) >= 11 is 6.04. The van der Waals surface area contributed by atoms with Crippen LogP contribution in [0, 0.1) is 0 Å². The first kappa shape index (κ1) is 16.0. The van der Waals surface area contributed by atoms with Crippen molar-refractivity contribution in [1.29, 1.82) is 0 Å². The molecule has 0 unspecified atom stereocenters. The molecule has 1 aliphatic heterocycles. The summed E-state index contributed by atoms with van der Waals surface area (Å²) in [6.07, 6.45) is 0.979. The molecule has 0 aromatic carbocycles. The number of fused-ring (bicyclic) bond motifs is 1. The van der Waals surface area contributed by atoms with Gasteiger partial charge in [-0.25, -0.2) is 9.78 Å². The van der Waals surface area contributed by atoms with Crippen LogP contribution in [0.15, 0.2) is 12.3 Å². The maximum Gasteiger partial charge on any atom is 0.410 e. The summed E-state index contributed by atoms with van der Waals surface area (Å²) in [5.74, 6) is 0. The van der Waals surface area contributed by atoms with Crippen LogP contribution in [0.25, 0.3) is 10.9 Å². The Hall–Kier alpha value is -1.86. The van der Waals surface area contributed by atoms with Crippen molar-refractivity contribution in [1.82, 2.24) is 20.1 Å². The van der Waals surface area contributed by atoms with Crippen molar-refractivity contribution < 1.29 is 14.3 Å². The molecule has 1 aliphatic rings. The van der Waals surface area contributed by atoms with E-state index in [9.17, 15) is 4.79 Å². The van der Waals surface area contributed by atoms with E-state index in [4.69, 9.17) is 21.1 Å². The predicted molar refractivity (Wildman–Crippen MR) is 85.4 cm³/mol. The zero-order valence-corrected chi connectivity index (χ0v) is 14.1. The summed E-state index contributed by atoms with van der Waals surface area (Å²) in [7, 11) is 0. The second-order valence-electron chi connectivity index (χ2n) is 6.42. The van der Waals surface area contributed by atoms with Crippen molar-refractivity contribution in [2.75, 3.05) is 19.7 Å². The Bertz CT molecular complexity index is 725. The SMILES string of the molecule is CC(C)(C)OC(=O)N1CCO[C@@H](c2[nH]nc3c(Cl)nccc23)C1. The number of carbonyl (C=O) groups is 1. The first-order chi connectivity index (χ1) is 10.8. The van der Waals surface area contributed by atoms with Crippen molar-refractivity contribution in [3.05, 3.63) is 23.1 Å². The number of halogens is 1. The van der Waals surface area contributed by atoms with E-state index in [0.717, 1.165) is 11.1 Å². The molecule has 2 aromatic rings. The van der Waals surface area contributed by atoms with Gasteiger partial charge in [0.05, 0.1) is 18.8 Å². The number of carbonyl (C=O) groups excluding carboxylic acids is 1. The third-order valence-electron chi connectivity index (χ3n) is 3.50. The van der Waals surface area contributed by atoms with Crippen molar-refractivity contribution >= 4 is 28.6 Å². The molecule has 1 fully saturated rings. The van der Waals surface area contributed by atoms with Gasteiger partial charge in [0.2, 0.25) is 0 Å². The van der Waals surface area contributed by atoms with E-state index in [1.807, 2.05) is 26.8 Å². The van der Waals surface area contributed by atoms with E-state index in [-0.39, 0.29) is 12.2 Å². The van der Waals surface area contributed by atoms with E-state index in [2.05, 4.69) is 15.2 Å². The summed E-state index contributed by atoms with van der Waals surface area (Å²) in [5, 5.41) is 8.33. The molecule has 0 saturated carbocycles. The molecule has 0 spiro atoms. The lowest BCUT2D eigenvalue weighted by Crippen LogP contribution is -2.44. The number of aromatic amines is 1. The zero-order chi connectivity index (χ0) is 16.6. The highest BCUT2D eigenvalue weighted by Crippen LogP contribution is 2.29. The van der Waals surface area contributed by atoms with E-state index < -0.39 is 5.60 Å². The lowest BCUT2D eigenvalue weighted by molar-refractivity contribution is -0.0442. The molecule has 2 aromatic heterocycles. The Morgan fingerprint density at radius 1 is 1.52 bits per heavy atom. The normalized spacial score (nSPS) is 19.1. The fourth-order valence-electron chi connectivity index (χ4n) is 2.49. The Balaban J connectivity index is 1.80. The van der Waals surface area contributed by atoms with Crippen LogP contribution in [-0.2, 0) is 9.47 Å². The van der Waals surface area contributed by atoms with Crippen molar-refractivity contribution in [3.8, 4) is 0 Å². The number of morpholine rings is 1. The number of H-pyrrole nitrogens is 1. The smallest absolute Gasteiger partial charge is 0.410 e. The lowest BCUT2D eigenvalue weighted by atomic mass is 10.1. The molecule has 0 aliphatic carbocycles. The highest BCUT2D eigenvalue weighted by atomic mass is 35.5. The zero-order valence-electron chi connectivity index (χ0n) is 13.3. The average Bonchev–Trinajstić information content (AvgIpc) is 2.91. The molecule has 3 heterocycles. The molecule has 124 valence electrons. The number of nitrogens with one attached hydrogen (secondary N) is 1. The number of nitrogens with zero attached hydrogens (tertiary/aromatic N) is 3. The van der Waals surface area contributed by atoms with Crippen molar-refractivity contribution in [2.24, 2.45) is 0 Å². The minimum atomic E-state index is -0.523. The molecule has 1 N–H and O–H groups in total. The van der Waals surface area contributed by atoms with E-state index >= 15 is 0 Å². The van der Waals surface area contributed by atoms with Gasteiger partial charge in [0.25, 0.3) is 0 Å². The fourth-order valence-corrected chi connectivity index (χ4v) is 2.69. The average molecular weight is 339 g/mol. The van der Waals surface area contributed by atoms with Gasteiger partial charge in [-0.05, 0) is 26.8 Å². The summed E-state index contributed by atoms with van der Waals surface area (Å²) in [5.41, 5.74) is 0.866. The topological polar surface area (TPSA) is 80.3 Å². The van der Waals surface area contributed by atoms with Gasteiger partial charge in [-0.2, -0.15) is 5.10 Å². The maximum atomic E-state index is 12.2. The van der Waals surface area contributed by atoms with Gasteiger partial charge in [-0.1, -0.05) is 11.6 Å². The van der Waals surface area contributed by atoms with Gasteiger partial charge in [-0.3, -0.25) is 5.10 Å². The Morgan fingerprint density at radius 3 is 3.04 bits per heavy atom. The highest BCUT2D eigenvalue weighted by Gasteiger charge is 2.30.